The zero-order valence-corrected chi connectivity index (χ0v) is 19.3. The molecule has 0 fully saturated rings. The van der Waals surface area contributed by atoms with Gasteiger partial charge >= 0.3 is 0 Å². The van der Waals surface area contributed by atoms with Gasteiger partial charge in [-0.1, -0.05) is 106 Å². The zero-order valence-electron chi connectivity index (χ0n) is 19.3. The van der Waals surface area contributed by atoms with Gasteiger partial charge in [-0.2, -0.15) is 0 Å². The minimum atomic E-state index is -0.458. The Morgan fingerprint density at radius 1 is 0.750 bits per heavy atom. The summed E-state index contributed by atoms with van der Waals surface area (Å²) >= 11 is 0. The van der Waals surface area contributed by atoms with Crippen molar-refractivity contribution >= 4 is 17.1 Å². The van der Waals surface area contributed by atoms with Crippen molar-refractivity contribution in [3.05, 3.63) is 96.1 Å². The van der Waals surface area contributed by atoms with Gasteiger partial charge in [0.2, 0.25) is 0 Å². The van der Waals surface area contributed by atoms with E-state index in [0.29, 0.717) is 6.61 Å². The number of hydrogen-bond acceptors (Lipinski definition) is 3. The molecule has 0 N–H and O–H groups in total. The van der Waals surface area contributed by atoms with Crippen LogP contribution in [0.4, 0.5) is 11.4 Å². The van der Waals surface area contributed by atoms with Crippen molar-refractivity contribution in [3.8, 4) is 0 Å². The Balaban J connectivity index is 1.86. The largest absolute Gasteiger partial charge is 0.272 e. The molecule has 0 saturated carbocycles. The fourth-order valence-corrected chi connectivity index (χ4v) is 4.72. The first-order valence-electron chi connectivity index (χ1n) is 12.0. The van der Waals surface area contributed by atoms with Crippen molar-refractivity contribution in [2.75, 3.05) is 11.7 Å². The molecule has 3 heteroatoms. The molecule has 0 aromatic heterocycles. The van der Waals surface area contributed by atoms with Crippen LogP contribution in [0.25, 0.3) is 0 Å². The Bertz CT molecular complexity index is 1020. The number of aliphatic imine (C=N–C) groups is 1. The van der Waals surface area contributed by atoms with Crippen LogP contribution in [0.5, 0.6) is 0 Å². The van der Waals surface area contributed by atoms with E-state index < -0.39 is 5.54 Å². The highest BCUT2D eigenvalue weighted by Crippen LogP contribution is 2.49. The van der Waals surface area contributed by atoms with Crippen LogP contribution < -0.4 is 5.06 Å². The molecule has 1 aliphatic rings. The number of para-hydroxylation sites is 2. The predicted octanol–water partition coefficient (Wildman–Crippen LogP) is 7.83. The summed E-state index contributed by atoms with van der Waals surface area (Å²) in [7, 11) is 0. The summed E-state index contributed by atoms with van der Waals surface area (Å²) < 4.78 is 0. The lowest BCUT2D eigenvalue weighted by Gasteiger charge is -2.40. The van der Waals surface area contributed by atoms with E-state index in [4.69, 9.17) is 9.83 Å². The topological polar surface area (TPSA) is 24.8 Å². The van der Waals surface area contributed by atoms with E-state index in [1.165, 1.54) is 24.8 Å². The smallest absolute Gasteiger partial charge is 0.135 e. The number of unbranched alkanes of at least 4 members (excludes halogenated alkanes) is 3. The number of rotatable bonds is 10. The molecule has 1 atom stereocenters. The SMILES string of the molecule is CCCCCCON1c2ccccc2C(=Nc2ccccc2)C1(CCC)c1ccccc1. The molecule has 0 spiro atoms. The maximum Gasteiger partial charge on any atom is 0.135 e. The molecule has 3 aromatic carbocycles. The molecule has 1 heterocycles. The van der Waals surface area contributed by atoms with Crippen LogP contribution in [0.2, 0.25) is 0 Å². The molecular formula is C29H34N2O. The van der Waals surface area contributed by atoms with E-state index in [1.54, 1.807) is 0 Å². The molecular weight excluding hydrogens is 392 g/mol. The van der Waals surface area contributed by atoms with Gasteiger partial charge in [-0.3, -0.25) is 4.84 Å². The summed E-state index contributed by atoms with van der Waals surface area (Å²) in [6.07, 6.45) is 6.68. The summed E-state index contributed by atoms with van der Waals surface area (Å²) in [5, 5.41) is 2.18. The first kappa shape index (κ1) is 22.3. The summed E-state index contributed by atoms with van der Waals surface area (Å²) in [5.74, 6) is 0. The van der Waals surface area contributed by atoms with Gasteiger partial charge < -0.3 is 0 Å². The van der Waals surface area contributed by atoms with Crippen LogP contribution in [0.3, 0.4) is 0 Å². The highest BCUT2D eigenvalue weighted by molar-refractivity contribution is 6.17. The van der Waals surface area contributed by atoms with Crippen molar-refractivity contribution in [1.29, 1.82) is 0 Å². The Kier molecular flexibility index (Phi) is 7.39. The number of nitrogens with zero attached hydrogens (tertiary/aromatic N) is 2. The van der Waals surface area contributed by atoms with Crippen LogP contribution >= 0.6 is 0 Å². The summed E-state index contributed by atoms with van der Waals surface area (Å²) in [6, 6.07) is 29.6. The predicted molar refractivity (Wildman–Crippen MR) is 135 cm³/mol. The lowest BCUT2D eigenvalue weighted by molar-refractivity contribution is 0.0673. The average Bonchev–Trinajstić information content (AvgIpc) is 3.10. The van der Waals surface area contributed by atoms with Crippen LogP contribution in [0, 0.1) is 0 Å². The second-order valence-electron chi connectivity index (χ2n) is 8.48. The van der Waals surface area contributed by atoms with Gasteiger partial charge in [-0.05, 0) is 36.6 Å². The fraction of sp³-hybridized carbons (Fsp3) is 0.345. The van der Waals surface area contributed by atoms with Gasteiger partial charge in [-0.15, -0.1) is 0 Å². The normalized spacial score (nSPS) is 18.8. The van der Waals surface area contributed by atoms with E-state index in [2.05, 4.69) is 85.6 Å². The maximum atomic E-state index is 6.62. The zero-order chi connectivity index (χ0) is 22.2. The number of hydrogen-bond donors (Lipinski definition) is 0. The van der Waals surface area contributed by atoms with E-state index >= 15 is 0 Å². The third kappa shape index (κ3) is 4.35. The van der Waals surface area contributed by atoms with Gasteiger partial charge in [0, 0.05) is 5.56 Å². The second-order valence-corrected chi connectivity index (χ2v) is 8.48. The number of benzene rings is 3. The maximum absolute atomic E-state index is 6.62. The number of hydroxylamine groups is 1. The van der Waals surface area contributed by atoms with Gasteiger partial charge in [0.15, 0.2) is 0 Å². The summed E-state index contributed by atoms with van der Waals surface area (Å²) in [6.45, 7) is 5.20. The Morgan fingerprint density at radius 2 is 1.44 bits per heavy atom. The molecule has 1 unspecified atom stereocenters. The highest BCUT2D eigenvalue weighted by Gasteiger charge is 2.51. The van der Waals surface area contributed by atoms with E-state index in [9.17, 15) is 0 Å². The van der Waals surface area contributed by atoms with Crippen molar-refractivity contribution in [3.63, 3.8) is 0 Å². The molecule has 32 heavy (non-hydrogen) atoms. The molecule has 0 aliphatic carbocycles. The number of fused-ring (bicyclic) bond motifs is 1. The molecule has 1 aliphatic heterocycles. The van der Waals surface area contributed by atoms with Crippen molar-refractivity contribution in [1.82, 2.24) is 0 Å². The first-order chi connectivity index (χ1) is 15.8. The van der Waals surface area contributed by atoms with Crippen LogP contribution in [-0.2, 0) is 10.4 Å². The van der Waals surface area contributed by atoms with Gasteiger partial charge in [0.25, 0.3) is 0 Å². The molecule has 0 bridgehead atoms. The van der Waals surface area contributed by atoms with Crippen LogP contribution in [0.15, 0.2) is 89.9 Å². The summed E-state index contributed by atoms with van der Waals surface area (Å²) in [4.78, 5) is 11.9. The van der Waals surface area contributed by atoms with Gasteiger partial charge in [0.1, 0.15) is 5.54 Å². The lowest BCUT2D eigenvalue weighted by atomic mass is 9.81. The second kappa shape index (κ2) is 10.6. The lowest BCUT2D eigenvalue weighted by Crippen LogP contribution is -2.48. The van der Waals surface area contributed by atoms with Gasteiger partial charge in [0.05, 0.1) is 23.7 Å². The first-order valence-corrected chi connectivity index (χ1v) is 12.0. The minimum Gasteiger partial charge on any atom is -0.272 e. The minimum absolute atomic E-state index is 0.458. The molecule has 3 aromatic rings. The van der Waals surface area contributed by atoms with Crippen molar-refractivity contribution in [2.45, 2.75) is 57.9 Å². The molecule has 166 valence electrons. The molecule has 0 amide bonds. The molecule has 3 nitrogen and oxygen atoms in total. The number of anilines is 1. The highest BCUT2D eigenvalue weighted by atomic mass is 16.7. The van der Waals surface area contributed by atoms with Crippen LogP contribution in [-0.4, -0.2) is 12.3 Å². The monoisotopic (exact) mass is 426 g/mol. The quantitative estimate of drug-likeness (QED) is 0.309. The molecule has 0 saturated heterocycles. The average molecular weight is 427 g/mol. The van der Waals surface area contributed by atoms with Gasteiger partial charge in [-0.25, -0.2) is 10.1 Å². The van der Waals surface area contributed by atoms with E-state index in [-0.39, 0.29) is 0 Å². The Morgan fingerprint density at radius 3 is 2.16 bits per heavy atom. The van der Waals surface area contributed by atoms with Crippen molar-refractivity contribution < 1.29 is 4.84 Å². The van der Waals surface area contributed by atoms with Crippen LogP contribution in [0.1, 0.15) is 63.5 Å². The summed E-state index contributed by atoms with van der Waals surface area (Å²) in [5.41, 5.74) is 5.07. The van der Waals surface area contributed by atoms with Crippen molar-refractivity contribution in [2.24, 2.45) is 4.99 Å². The third-order valence-corrected chi connectivity index (χ3v) is 6.19. The van der Waals surface area contributed by atoms with E-state index in [0.717, 1.165) is 41.9 Å². The third-order valence-electron chi connectivity index (χ3n) is 6.19. The molecule has 0 radical (unpaired) electrons. The standard InChI is InChI=1S/C29H34N2O/c1-3-5-6-15-23-32-31-27-21-14-13-20-26(27)28(30-25-18-11-8-12-19-25)29(31,22-4-2)24-16-9-7-10-17-24/h7-14,16-21H,3-6,15,22-23H2,1-2H3. The Hall–Kier alpha value is -2.91. The Labute approximate surface area is 192 Å². The van der Waals surface area contributed by atoms with E-state index in [1.807, 2.05) is 18.2 Å². The fourth-order valence-electron chi connectivity index (χ4n) is 4.72. The molecule has 4 rings (SSSR count).